The van der Waals surface area contributed by atoms with E-state index in [1.165, 1.54) is 13.3 Å². The van der Waals surface area contributed by atoms with E-state index in [1.807, 2.05) is 0 Å². The third-order valence-corrected chi connectivity index (χ3v) is 4.79. The lowest BCUT2D eigenvalue weighted by atomic mass is 10.2. The van der Waals surface area contributed by atoms with E-state index in [1.54, 1.807) is 72.8 Å². The molecule has 0 aliphatic carbocycles. The summed E-state index contributed by atoms with van der Waals surface area (Å²) in [6.07, 6.45) is 1.40. The summed E-state index contributed by atoms with van der Waals surface area (Å²) in [5, 5.41) is 6.39. The van der Waals surface area contributed by atoms with Gasteiger partial charge in [0, 0.05) is 10.0 Å². The van der Waals surface area contributed by atoms with Crippen molar-refractivity contribution in [2.45, 2.75) is 0 Å². The second-order valence-corrected chi connectivity index (χ2v) is 7.57. The van der Waals surface area contributed by atoms with Gasteiger partial charge in [-0.25, -0.2) is 10.2 Å². The highest BCUT2D eigenvalue weighted by atomic mass is 79.9. The normalized spacial score (nSPS) is 10.5. The fraction of sp³-hybridized carbons (Fsp3) is 0.0833. The van der Waals surface area contributed by atoms with Crippen molar-refractivity contribution in [3.05, 3.63) is 94.0 Å². The van der Waals surface area contributed by atoms with Gasteiger partial charge in [-0.05, 0) is 54.1 Å². The van der Waals surface area contributed by atoms with Gasteiger partial charge in [0.25, 0.3) is 11.8 Å². The van der Waals surface area contributed by atoms with Crippen LogP contribution in [0.2, 0.25) is 0 Å². The Bertz CT molecular complexity index is 1180. The standard InChI is InChI=1S/C24H20BrN3O5/c1-32-21-12-16(10-11-20(21)33-24(31)17-6-3-2-4-7-17)14-27-28-22(29)15-26-23(30)18-8-5-9-19(25)13-18/h2-14H,15H2,1H3,(H,26,30)(H,28,29)/b27-14-. The van der Waals surface area contributed by atoms with Crippen LogP contribution in [0, 0.1) is 0 Å². The summed E-state index contributed by atoms with van der Waals surface area (Å²) in [5.74, 6) is -0.790. The number of amides is 2. The van der Waals surface area contributed by atoms with Gasteiger partial charge < -0.3 is 14.8 Å². The summed E-state index contributed by atoms with van der Waals surface area (Å²) in [6.45, 7) is -0.236. The molecule has 0 saturated heterocycles. The molecule has 0 spiro atoms. The maximum atomic E-state index is 12.2. The van der Waals surface area contributed by atoms with Gasteiger partial charge in [-0.15, -0.1) is 0 Å². The zero-order valence-corrected chi connectivity index (χ0v) is 19.2. The highest BCUT2D eigenvalue weighted by molar-refractivity contribution is 9.10. The van der Waals surface area contributed by atoms with Crippen molar-refractivity contribution in [2.75, 3.05) is 13.7 Å². The second-order valence-electron chi connectivity index (χ2n) is 6.65. The number of nitrogens with one attached hydrogen (secondary N) is 2. The number of carbonyl (C=O) groups excluding carboxylic acids is 3. The highest BCUT2D eigenvalue weighted by Gasteiger charge is 2.12. The lowest BCUT2D eigenvalue weighted by Crippen LogP contribution is -2.34. The van der Waals surface area contributed by atoms with Crippen LogP contribution in [0.25, 0.3) is 0 Å². The molecule has 0 aliphatic heterocycles. The van der Waals surface area contributed by atoms with Crippen LogP contribution < -0.4 is 20.2 Å². The van der Waals surface area contributed by atoms with Gasteiger partial charge in [0.2, 0.25) is 0 Å². The number of hydrogen-bond donors (Lipinski definition) is 2. The zero-order valence-electron chi connectivity index (χ0n) is 17.6. The number of hydrazone groups is 1. The van der Waals surface area contributed by atoms with Crippen molar-refractivity contribution in [1.29, 1.82) is 0 Å². The summed E-state index contributed by atoms with van der Waals surface area (Å²) < 4.78 is 11.4. The Balaban J connectivity index is 1.53. The smallest absolute Gasteiger partial charge is 0.343 e. The van der Waals surface area contributed by atoms with Crippen LogP contribution in [0.5, 0.6) is 11.5 Å². The van der Waals surface area contributed by atoms with Crippen molar-refractivity contribution in [3.8, 4) is 11.5 Å². The Morgan fingerprint density at radius 3 is 2.42 bits per heavy atom. The van der Waals surface area contributed by atoms with E-state index >= 15 is 0 Å². The van der Waals surface area contributed by atoms with Crippen molar-refractivity contribution < 1.29 is 23.9 Å². The quantitative estimate of drug-likeness (QED) is 0.209. The fourth-order valence-electron chi connectivity index (χ4n) is 2.69. The zero-order chi connectivity index (χ0) is 23.6. The van der Waals surface area contributed by atoms with Crippen LogP contribution in [-0.2, 0) is 4.79 Å². The number of benzene rings is 3. The van der Waals surface area contributed by atoms with E-state index in [-0.39, 0.29) is 18.2 Å². The maximum absolute atomic E-state index is 12.2. The molecule has 2 amide bonds. The number of nitrogens with zero attached hydrogens (tertiary/aromatic N) is 1. The van der Waals surface area contributed by atoms with Gasteiger partial charge >= 0.3 is 5.97 Å². The SMILES string of the molecule is COc1cc(/C=N\NC(=O)CNC(=O)c2cccc(Br)c2)ccc1OC(=O)c1ccccc1. The number of carbonyl (C=O) groups is 3. The third-order valence-electron chi connectivity index (χ3n) is 4.30. The largest absolute Gasteiger partial charge is 0.493 e. The molecule has 0 radical (unpaired) electrons. The Morgan fingerprint density at radius 2 is 1.70 bits per heavy atom. The van der Waals surface area contributed by atoms with E-state index in [0.717, 1.165) is 4.47 Å². The third kappa shape index (κ3) is 7.01. The van der Waals surface area contributed by atoms with Gasteiger partial charge in [0.1, 0.15) is 0 Å². The molecule has 9 heteroatoms. The Morgan fingerprint density at radius 1 is 0.939 bits per heavy atom. The van der Waals surface area contributed by atoms with Crippen LogP contribution in [0.1, 0.15) is 26.3 Å². The first-order valence-electron chi connectivity index (χ1n) is 9.77. The molecule has 0 atom stereocenters. The Labute approximate surface area is 198 Å². The predicted molar refractivity (Wildman–Crippen MR) is 127 cm³/mol. The van der Waals surface area contributed by atoms with Gasteiger partial charge in [-0.1, -0.05) is 40.2 Å². The van der Waals surface area contributed by atoms with Crippen molar-refractivity contribution in [1.82, 2.24) is 10.7 Å². The molecule has 168 valence electrons. The molecule has 8 nitrogen and oxygen atoms in total. The lowest BCUT2D eigenvalue weighted by molar-refractivity contribution is -0.120. The molecule has 0 aliphatic rings. The summed E-state index contributed by atoms with van der Waals surface area (Å²) in [4.78, 5) is 36.3. The molecule has 0 aromatic heterocycles. The minimum absolute atomic E-state index is 0.236. The summed E-state index contributed by atoms with van der Waals surface area (Å²) in [5.41, 5.74) is 3.79. The van der Waals surface area contributed by atoms with Gasteiger partial charge in [0.15, 0.2) is 11.5 Å². The molecule has 0 unspecified atom stereocenters. The van der Waals surface area contributed by atoms with Crippen LogP contribution >= 0.6 is 15.9 Å². The Hall–Kier alpha value is -3.98. The first-order chi connectivity index (χ1) is 16.0. The fourth-order valence-corrected chi connectivity index (χ4v) is 3.09. The van der Waals surface area contributed by atoms with Crippen LogP contribution in [0.4, 0.5) is 0 Å². The average Bonchev–Trinajstić information content (AvgIpc) is 2.83. The van der Waals surface area contributed by atoms with Crippen LogP contribution in [0.3, 0.4) is 0 Å². The van der Waals surface area contributed by atoms with Gasteiger partial charge in [0.05, 0.1) is 25.4 Å². The molecular formula is C24H20BrN3O5. The van der Waals surface area contributed by atoms with E-state index < -0.39 is 11.9 Å². The molecule has 0 heterocycles. The monoisotopic (exact) mass is 509 g/mol. The topological polar surface area (TPSA) is 106 Å². The molecule has 2 N–H and O–H groups in total. The van der Waals surface area contributed by atoms with Crippen molar-refractivity contribution in [3.63, 3.8) is 0 Å². The molecule has 3 rings (SSSR count). The van der Waals surface area contributed by atoms with Gasteiger partial charge in [-0.3, -0.25) is 9.59 Å². The molecular weight excluding hydrogens is 490 g/mol. The van der Waals surface area contributed by atoms with Crippen LogP contribution in [-0.4, -0.2) is 37.7 Å². The second kappa shape index (κ2) is 11.6. The van der Waals surface area contributed by atoms with Crippen LogP contribution in [0.15, 0.2) is 82.4 Å². The highest BCUT2D eigenvalue weighted by Crippen LogP contribution is 2.28. The average molecular weight is 510 g/mol. The molecule has 0 fully saturated rings. The minimum atomic E-state index is -0.507. The number of rotatable bonds is 8. The number of esters is 1. The van der Waals surface area contributed by atoms with E-state index in [4.69, 9.17) is 9.47 Å². The van der Waals surface area contributed by atoms with E-state index in [2.05, 4.69) is 31.8 Å². The number of halogens is 1. The van der Waals surface area contributed by atoms with Crippen molar-refractivity contribution >= 4 is 39.9 Å². The molecule has 3 aromatic rings. The first kappa shape index (κ1) is 23.7. The number of hydrogen-bond acceptors (Lipinski definition) is 6. The molecule has 33 heavy (non-hydrogen) atoms. The number of ether oxygens (including phenoxy) is 2. The summed E-state index contributed by atoms with van der Waals surface area (Å²) in [7, 11) is 1.45. The molecule has 0 bridgehead atoms. The van der Waals surface area contributed by atoms with E-state index in [0.29, 0.717) is 22.4 Å². The number of methoxy groups -OCH3 is 1. The maximum Gasteiger partial charge on any atom is 0.343 e. The minimum Gasteiger partial charge on any atom is -0.493 e. The van der Waals surface area contributed by atoms with Crippen molar-refractivity contribution in [2.24, 2.45) is 5.10 Å². The van der Waals surface area contributed by atoms with Gasteiger partial charge in [-0.2, -0.15) is 5.10 Å². The molecule has 0 saturated carbocycles. The summed E-state index contributed by atoms with van der Waals surface area (Å²) >= 11 is 3.29. The first-order valence-corrected chi connectivity index (χ1v) is 10.6. The van der Waals surface area contributed by atoms with E-state index in [9.17, 15) is 14.4 Å². The lowest BCUT2D eigenvalue weighted by Gasteiger charge is -2.10. The molecule has 3 aromatic carbocycles. The summed E-state index contributed by atoms with van der Waals surface area (Å²) in [6, 6.07) is 20.3. The predicted octanol–water partition coefficient (Wildman–Crippen LogP) is 3.56. The Kier molecular flexibility index (Phi) is 8.31.